The second-order valence-corrected chi connectivity index (χ2v) is 5.88. The third-order valence-corrected chi connectivity index (χ3v) is 4.51. The summed E-state index contributed by atoms with van der Waals surface area (Å²) in [5, 5.41) is 0. The highest BCUT2D eigenvalue weighted by Crippen LogP contribution is 2.32. The minimum absolute atomic E-state index is 0. The second-order valence-electron chi connectivity index (χ2n) is 4.72. The lowest BCUT2D eigenvalue weighted by Crippen LogP contribution is -2.40. The largest absolute Gasteiger partial charge is 0.493 e. The van der Waals surface area contributed by atoms with E-state index in [0.717, 1.165) is 23.0 Å². The van der Waals surface area contributed by atoms with Gasteiger partial charge >= 0.3 is 0 Å². The van der Waals surface area contributed by atoms with Crippen LogP contribution in [0.25, 0.3) is 0 Å². The predicted molar refractivity (Wildman–Crippen MR) is 92.6 cm³/mol. The van der Waals surface area contributed by atoms with E-state index in [0.29, 0.717) is 23.6 Å². The number of likely N-dealkylation sites (tertiary alicyclic amines) is 1. The number of amides is 1. The molecule has 0 aliphatic carbocycles. The summed E-state index contributed by atoms with van der Waals surface area (Å²) in [6, 6.07) is 3.71. The zero-order valence-corrected chi connectivity index (χ0v) is 15.1. The summed E-state index contributed by atoms with van der Waals surface area (Å²) in [7, 11) is 3.15. The van der Waals surface area contributed by atoms with Crippen molar-refractivity contribution in [1.29, 1.82) is 0 Å². The molecule has 1 aliphatic rings. The first-order valence-electron chi connectivity index (χ1n) is 6.55. The van der Waals surface area contributed by atoms with E-state index in [-0.39, 0.29) is 24.4 Å². The number of nitrogens with two attached hydrogens (primary N) is 1. The van der Waals surface area contributed by atoms with Crippen molar-refractivity contribution in [3.63, 3.8) is 0 Å². The van der Waals surface area contributed by atoms with Gasteiger partial charge in [-0.05, 0) is 47.6 Å². The molecule has 1 heterocycles. The van der Waals surface area contributed by atoms with Crippen LogP contribution in [0.3, 0.4) is 0 Å². The average molecular weight is 427 g/mol. The number of rotatable bonds is 4. The summed E-state index contributed by atoms with van der Waals surface area (Å²) in [5.41, 5.74) is 6.38. The highest BCUT2D eigenvalue weighted by molar-refractivity contribution is 14.1. The third-order valence-electron chi connectivity index (χ3n) is 3.61. The standard InChI is InChI=1S/C14H19IN2O3.ClH/c1-19-12-6-10(11(15)7-13(12)20-2)14(18)17-5-3-4-9(17)8-16;/h6-7,9H,3-5,8,16H2,1-2H3;1H. The molecule has 1 amide bonds. The molecule has 1 fully saturated rings. The van der Waals surface area contributed by atoms with E-state index in [1.807, 2.05) is 11.0 Å². The number of carbonyl (C=O) groups excluding carboxylic acids is 1. The molecule has 118 valence electrons. The Morgan fingerprint density at radius 3 is 2.57 bits per heavy atom. The zero-order valence-electron chi connectivity index (χ0n) is 12.1. The van der Waals surface area contributed by atoms with Gasteiger partial charge in [-0.3, -0.25) is 4.79 Å². The second kappa shape index (κ2) is 8.05. The van der Waals surface area contributed by atoms with Crippen LogP contribution >= 0.6 is 35.0 Å². The molecule has 2 rings (SSSR count). The number of hydrogen-bond donors (Lipinski definition) is 1. The van der Waals surface area contributed by atoms with E-state index in [1.54, 1.807) is 20.3 Å². The van der Waals surface area contributed by atoms with Gasteiger partial charge in [-0.1, -0.05) is 0 Å². The van der Waals surface area contributed by atoms with Gasteiger partial charge in [-0.25, -0.2) is 0 Å². The first-order chi connectivity index (χ1) is 9.62. The van der Waals surface area contributed by atoms with Crippen LogP contribution in [0.1, 0.15) is 23.2 Å². The smallest absolute Gasteiger partial charge is 0.255 e. The molecule has 1 atom stereocenters. The van der Waals surface area contributed by atoms with E-state index in [9.17, 15) is 4.79 Å². The fourth-order valence-electron chi connectivity index (χ4n) is 2.52. The van der Waals surface area contributed by atoms with Crippen molar-refractivity contribution in [2.75, 3.05) is 27.3 Å². The molecule has 0 spiro atoms. The first-order valence-corrected chi connectivity index (χ1v) is 7.62. The van der Waals surface area contributed by atoms with Crippen molar-refractivity contribution in [1.82, 2.24) is 4.90 Å². The van der Waals surface area contributed by atoms with Crippen LogP contribution < -0.4 is 15.2 Å². The third kappa shape index (κ3) is 3.73. The summed E-state index contributed by atoms with van der Waals surface area (Å²) in [4.78, 5) is 14.5. The van der Waals surface area contributed by atoms with E-state index < -0.39 is 0 Å². The quantitative estimate of drug-likeness (QED) is 0.751. The van der Waals surface area contributed by atoms with Crippen LogP contribution in [0.4, 0.5) is 0 Å². The van der Waals surface area contributed by atoms with Gasteiger partial charge < -0.3 is 20.1 Å². The molecule has 1 saturated heterocycles. The minimum Gasteiger partial charge on any atom is -0.493 e. The van der Waals surface area contributed by atoms with E-state index in [2.05, 4.69) is 22.6 Å². The van der Waals surface area contributed by atoms with Gasteiger partial charge in [0, 0.05) is 22.7 Å². The average Bonchev–Trinajstić information content (AvgIpc) is 2.94. The fraction of sp³-hybridized carbons (Fsp3) is 0.500. The SMILES string of the molecule is COc1cc(I)c(C(=O)N2CCCC2CN)cc1OC.Cl. The highest BCUT2D eigenvalue weighted by atomic mass is 127. The maximum atomic E-state index is 12.7. The molecule has 1 unspecified atom stereocenters. The van der Waals surface area contributed by atoms with Gasteiger partial charge in [0.25, 0.3) is 5.91 Å². The Bertz CT molecular complexity index is 513. The maximum absolute atomic E-state index is 12.7. The monoisotopic (exact) mass is 426 g/mol. The highest BCUT2D eigenvalue weighted by Gasteiger charge is 2.30. The maximum Gasteiger partial charge on any atom is 0.255 e. The number of nitrogens with zero attached hydrogens (tertiary/aromatic N) is 1. The van der Waals surface area contributed by atoms with E-state index >= 15 is 0 Å². The molecular weight excluding hydrogens is 407 g/mol. The molecule has 1 aromatic carbocycles. The Morgan fingerprint density at radius 1 is 1.38 bits per heavy atom. The van der Waals surface area contributed by atoms with E-state index in [1.165, 1.54) is 0 Å². The van der Waals surface area contributed by atoms with Crippen molar-refractivity contribution in [3.05, 3.63) is 21.3 Å². The molecule has 7 heteroatoms. The fourth-order valence-corrected chi connectivity index (χ4v) is 3.19. The van der Waals surface area contributed by atoms with Gasteiger partial charge in [0.05, 0.1) is 19.8 Å². The lowest BCUT2D eigenvalue weighted by molar-refractivity contribution is 0.0739. The summed E-state index contributed by atoms with van der Waals surface area (Å²) < 4.78 is 11.4. The molecule has 21 heavy (non-hydrogen) atoms. The Morgan fingerprint density at radius 2 is 2.00 bits per heavy atom. The van der Waals surface area contributed by atoms with E-state index in [4.69, 9.17) is 15.2 Å². The molecule has 0 radical (unpaired) electrons. The van der Waals surface area contributed by atoms with Crippen LogP contribution in [-0.2, 0) is 0 Å². The van der Waals surface area contributed by atoms with Gasteiger partial charge in [-0.2, -0.15) is 0 Å². The van der Waals surface area contributed by atoms with Crippen molar-refractivity contribution >= 4 is 40.9 Å². The summed E-state index contributed by atoms with van der Waals surface area (Å²) in [5.74, 6) is 1.22. The molecule has 0 saturated carbocycles. The Balaban J connectivity index is 0.00000220. The number of halogens is 2. The molecule has 2 N–H and O–H groups in total. The van der Waals surface area contributed by atoms with Gasteiger partial charge in [0.1, 0.15) is 0 Å². The van der Waals surface area contributed by atoms with Crippen molar-refractivity contribution in [3.8, 4) is 11.5 Å². The number of carbonyl (C=O) groups is 1. The van der Waals surface area contributed by atoms with Crippen molar-refractivity contribution in [2.45, 2.75) is 18.9 Å². The number of methoxy groups -OCH3 is 2. The molecule has 1 aromatic rings. The number of ether oxygens (including phenoxy) is 2. The van der Waals surface area contributed by atoms with Crippen LogP contribution in [0, 0.1) is 3.57 Å². The lowest BCUT2D eigenvalue weighted by atomic mass is 10.1. The Kier molecular flexibility index (Phi) is 7.02. The van der Waals surface area contributed by atoms with Crippen molar-refractivity contribution in [2.24, 2.45) is 5.73 Å². The predicted octanol–water partition coefficient (Wildman–Crippen LogP) is 2.29. The first kappa shape index (κ1) is 18.3. The molecular formula is C14H20ClIN2O3. The molecule has 0 bridgehead atoms. The zero-order chi connectivity index (χ0) is 14.7. The molecule has 0 aromatic heterocycles. The van der Waals surface area contributed by atoms with Gasteiger partial charge in [0.2, 0.25) is 0 Å². The number of benzene rings is 1. The summed E-state index contributed by atoms with van der Waals surface area (Å²) in [6.45, 7) is 1.28. The van der Waals surface area contributed by atoms with Gasteiger partial charge in [-0.15, -0.1) is 12.4 Å². The summed E-state index contributed by atoms with van der Waals surface area (Å²) in [6.07, 6.45) is 1.99. The van der Waals surface area contributed by atoms with Crippen LogP contribution in [0.5, 0.6) is 11.5 Å². The molecule has 1 aliphatic heterocycles. The van der Waals surface area contributed by atoms with Crippen molar-refractivity contribution < 1.29 is 14.3 Å². The normalized spacial score (nSPS) is 17.3. The van der Waals surface area contributed by atoms with Crippen LogP contribution in [-0.4, -0.2) is 44.2 Å². The lowest BCUT2D eigenvalue weighted by Gasteiger charge is -2.24. The minimum atomic E-state index is 0. The summed E-state index contributed by atoms with van der Waals surface area (Å²) >= 11 is 2.15. The van der Waals surface area contributed by atoms with Crippen LogP contribution in [0.15, 0.2) is 12.1 Å². The molecule has 5 nitrogen and oxygen atoms in total. The topological polar surface area (TPSA) is 64.8 Å². The van der Waals surface area contributed by atoms with Crippen LogP contribution in [0.2, 0.25) is 0 Å². The Hall–Kier alpha value is -0.730. The Labute approximate surface area is 144 Å². The number of hydrogen-bond acceptors (Lipinski definition) is 4. The van der Waals surface area contributed by atoms with Gasteiger partial charge in [0.15, 0.2) is 11.5 Å².